The van der Waals surface area contributed by atoms with Crippen LogP contribution in [0.4, 0.5) is 4.39 Å². The smallest absolute Gasteiger partial charge is 0.243 e. The third kappa shape index (κ3) is 6.20. The van der Waals surface area contributed by atoms with Gasteiger partial charge in [-0.15, -0.1) is 0 Å². The van der Waals surface area contributed by atoms with E-state index in [-0.39, 0.29) is 17.3 Å². The number of carbonyl (C=O) groups excluding carboxylic acids is 1. The number of amides is 1. The normalized spacial score (nSPS) is 11.6. The molecule has 0 saturated heterocycles. The molecular weight excluding hydrogens is 423 g/mol. The van der Waals surface area contributed by atoms with E-state index in [0.717, 1.165) is 9.87 Å². The molecule has 0 aliphatic carbocycles. The van der Waals surface area contributed by atoms with Crippen LogP contribution < -0.4 is 5.32 Å². The van der Waals surface area contributed by atoms with Crippen molar-refractivity contribution in [3.8, 4) is 0 Å². The van der Waals surface area contributed by atoms with Gasteiger partial charge >= 0.3 is 0 Å². The zero-order chi connectivity index (χ0) is 20.7. The number of hydrogen-bond acceptors (Lipinski definition) is 4. The van der Waals surface area contributed by atoms with Crippen molar-refractivity contribution in [1.82, 2.24) is 9.62 Å². The number of halogens is 2. The van der Waals surface area contributed by atoms with Gasteiger partial charge in [-0.25, -0.2) is 12.8 Å². The minimum atomic E-state index is -3.72. The minimum absolute atomic E-state index is 0.144. The number of nitrogens with one attached hydrogen (secondary N) is 1. The summed E-state index contributed by atoms with van der Waals surface area (Å²) in [5.74, 6) is 0.183. The first kappa shape index (κ1) is 22.7. The van der Waals surface area contributed by atoms with Crippen molar-refractivity contribution in [2.45, 2.75) is 17.6 Å². The predicted molar refractivity (Wildman–Crippen MR) is 112 cm³/mol. The highest BCUT2D eigenvalue weighted by Crippen LogP contribution is 2.23. The van der Waals surface area contributed by atoms with Gasteiger partial charge in [-0.3, -0.25) is 4.79 Å². The van der Waals surface area contributed by atoms with Crippen molar-refractivity contribution >= 4 is 39.3 Å². The van der Waals surface area contributed by atoms with Crippen LogP contribution in [0.5, 0.6) is 0 Å². The summed E-state index contributed by atoms with van der Waals surface area (Å²) >= 11 is 7.39. The SMILES string of the molecule is Cc1ccc(S(=O)(=O)N(C)CC(=O)NCCSCc2c(F)cccc2Cl)cc1. The van der Waals surface area contributed by atoms with Crippen LogP contribution in [0.15, 0.2) is 47.4 Å². The fourth-order valence-corrected chi connectivity index (χ4v) is 4.66. The van der Waals surface area contributed by atoms with Gasteiger partial charge in [0.05, 0.1) is 11.4 Å². The standard InChI is InChI=1S/C19H22ClFN2O3S2/c1-14-6-8-15(9-7-14)28(25,26)23(2)12-19(24)22-10-11-27-13-16-17(20)4-3-5-18(16)21/h3-9H,10-13H2,1-2H3,(H,22,24). The van der Waals surface area contributed by atoms with Crippen LogP contribution in [0.2, 0.25) is 5.02 Å². The second kappa shape index (κ2) is 10.2. The van der Waals surface area contributed by atoms with Gasteiger partial charge in [0.2, 0.25) is 15.9 Å². The van der Waals surface area contributed by atoms with E-state index in [1.807, 2.05) is 6.92 Å². The average molecular weight is 445 g/mol. The zero-order valence-corrected chi connectivity index (χ0v) is 18.0. The Morgan fingerprint density at radius 3 is 2.54 bits per heavy atom. The van der Waals surface area contributed by atoms with Gasteiger partial charge in [0, 0.05) is 35.7 Å². The summed E-state index contributed by atoms with van der Waals surface area (Å²) in [5.41, 5.74) is 1.39. The van der Waals surface area contributed by atoms with Gasteiger partial charge in [-0.1, -0.05) is 35.4 Å². The van der Waals surface area contributed by atoms with E-state index in [9.17, 15) is 17.6 Å². The van der Waals surface area contributed by atoms with Crippen LogP contribution in [0.25, 0.3) is 0 Å². The molecule has 2 aromatic carbocycles. The summed E-state index contributed by atoms with van der Waals surface area (Å²) in [6, 6.07) is 11.0. The van der Waals surface area contributed by atoms with Gasteiger partial charge in [0.25, 0.3) is 0 Å². The molecule has 2 rings (SSSR count). The molecule has 0 bridgehead atoms. The largest absolute Gasteiger partial charge is 0.354 e. The summed E-state index contributed by atoms with van der Waals surface area (Å²) in [4.78, 5) is 12.2. The number of rotatable bonds is 9. The first-order valence-electron chi connectivity index (χ1n) is 8.52. The van der Waals surface area contributed by atoms with Crippen LogP contribution >= 0.6 is 23.4 Å². The molecular formula is C19H22ClFN2O3S2. The summed E-state index contributed by atoms with van der Waals surface area (Å²) in [6.07, 6.45) is 0. The van der Waals surface area contributed by atoms with Gasteiger partial charge in [0.1, 0.15) is 5.82 Å². The molecule has 0 spiro atoms. The van der Waals surface area contributed by atoms with Crippen molar-refractivity contribution < 1.29 is 17.6 Å². The first-order valence-corrected chi connectivity index (χ1v) is 11.5. The first-order chi connectivity index (χ1) is 13.2. The number of sulfonamides is 1. The van der Waals surface area contributed by atoms with Crippen molar-refractivity contribution in [3.63, 3.8) is 0 Å². The molecule has 1 N–H and O–H groups in total. The molecule has 152 valence electrons. The maximum atomic E-state index is 13.7. The number of aryl methyl sites for hydroxylation is 1. The molecule has 1 amide bonds. The molecule has 28 heavy (non-hydrogen) atoms. The molecule has 9 heteroatoms. The highest BCUT2D eigenvalue weighted by Gasteiger charge is 2.22. The fraction of sp³-hybridized carbons (Fsp3) is 0.316. The second-order valence-electron chi connectivity index (χ2n) is 6.18. The van der Waals surface area contributed by atoms with E-state index >= 15 is 0 Å². The molecule has 0 heterocycles. The quantitative estimate of drug-likeness (QED) is 0.601. The molecule has 0 fully saturated rings. The molecule has 0 aliphatic heterocycles. The Kier molecular flexibility index (Phi) is 8.30. The van der Waals surface area contributed by atoms with Gasteiger partial charge in [0.15, 0.2) is 0 Å². The predicted octanol–water partition coefficient (Wildman–Crippen LogP) is 3.46. The molecule has 0 atom stereocenters. The van der Waals surface area contributed by atoms with Crippen molar-refractivity contribution in [3.05, 3.63) is 64.4 Å². The Morgan fingerprint density at radius 1 is 1.21 bits per heavy atom. The van der Waals surface area contributed by atoms with Crippen LogP contribution in [0.3, 0.4) is 0 Å². The topological polar surface area (TPSA) is 66.5 Å². The monoisotopic (exact) mass is 444 g/mol. The van der Waals surface area contributed by atoms with Crippen molar-refractivity contribution in [2.24, 2.45) is 0 Å². The second-order valence-corrected chi connectivity index (χ2v) is 9.73. The number of nitrogens with zero attached hydrogens (tertiary/aromatic N) is 1. The van der Waals surface area contributed by atoms with E-state index in [2.05, 4.69) is 5.32 Å². The Morgan fingerprint density at radius 2 is 1.89 bits per heavy atom. The summed E-state index contributed by atoms with van der Waals surface area (Å²) < 4.78 is 39.6. The molecule has 0 unspecified atom stereocenters. The van der Waals surface area contributed by atoms with Crippen LogP contribution in [0.1, 0.15) is 11.1 Å². The van der Waals surface area contributed by atoms with Crippen molar-refractivity contribution in [2.75, 3.05) is 25.9 Å². The van der Waals surface area contributed by atoms with Crippen LogP contribution in [-0.2, 0) is 20.6 Å². The Balaban J connectivity index is 1.77. The fourth-order valence-electron chi connectivity index (χ4n) is 2.34. The maximum Gasteiger partial charge on any atom is 0.243 e. The Bertz CT molecular complexity index is 901. The summed E-state index contributed by atoms with van der Waals surface area (Å²) in [5, 5.41) is 3.04. The Labute approximate surface area is 174 Å². The highest BCUT2D eigenvalue weighted by atomic mass is 35.5. The minimum Gasteiger partial charge on any atom is -0.354 e. The lowest BCUT2D eigenvalue weighted by molar-refractivity contribution is -0.121. The van der Waals surface area contributed by atoms with Crippen LogP contribution in [0, 0.1) is 12.7 Å². The Hall–Kier alpha value is -1.61. The number of thioether (sulfide) groups is 1. The summed E-state index contributed by atoms with van der Waals surface area (Å²) in [6.45, 7) is 1.93. The zero-order valence-electron chi connectivity index (χ0n) is 15.6. The molecule has 5 nitrogen and oxygen atoms in total. The lowest BCUT2D eigenvalue weighted by atomic mass is 10.2. The number of benzene rings is 2. The number of hydrogen-bond donors (Lipinski definition) is 1. The molecule has 0 aliphatic rings. The van der Waals surface area contributed by atoms with E-state index < -0.39 is 15.9 Å². The average Bonchev–Trinajstić information content (AvgIpc) is 2.64. The maximum absolute atomic E-state index is 13.7. The number of likely N-dealkylation sites (N-methyl/N-ethyl adjacent to an activating group) is 1. The van der Waals surface area contributed by atoms with Gasteiger partial charge in [-0.2, -0.15) is 16.1 Å². The lowest BCUT2D eigenvalue weighted by Gasteiger charge is -2.17. The third-order valence-corrected chi connectivity index (χ3v) is 7.13. The van der Waals surface area contributed by atoms with E-state index in [1.54, 1.807) is 24.3 Å². The highest BCUT2D eigenvalue weighted by molar-refractivity contribution is 7.98. The lowest BCUT2D eigenvalue weighted by Crippen LogP contribution is -2.39. The van der Waals surface area contributed by atoms with E-state index in [0.29, 0.717) is 28.6 Å². The van der Waals surface area contributed by atoms with E-state index in [4.69, 9.17) is 11.6 Å². The number of carbonyl (C=O) groups is 1. The third-order valence-electron chi connectivity index (χ3n) is 3.97. The molecule has 2 aromatic rings. The van der Waals surface area contributed by atoms with E-state index in [1.165, 1.54) is 37.0 Å². The van der Waals surface area contributed by atoms with Gasteiger partial charge < -0.3 is 5.32 Å². The molecule has 0 radical (unpaired) electrons. The van der Waals surface area contributed by atoms with Crippen LogP contribution in [-0.4, -0.2) is 44.5 Å². The molecule has 0 saturated carbocycles. The summed E-state index contributed by atoms with van der Waals surface area (Å²) in [7, 11) is -2.36. The van der Waals surface area contributed by atoms with Crippen molar-refractivity contribution in [1.29, 1.82) is 0 Å². The van der Waals surface area contributed by atoms with Gasteiger partial charge in [-0.05, 0) is 31.2 Å². The molecule has 0 aromatic heterocycles.